The van der Waals surface area contributed by atoms with Crippen LogP contribution < -0.4 is 9.47 Å². The Morgan fingerprint density at radius 3 is 2.69 bits per heavy atom. The minimum Gasteiger partial charge on any atom is -0.493 e. The Morgan fingerprint density at radius 2 is 2.03 bits per heavy atom. The standard InChI is InChI=1S/C24H29F2N3O3/c1-28(20-12-16-29(17-13-20)15-11-19-7-3-4-14-27-19)22(30)10-9-18-6-5-8-21(31-2)23(18)32-24(25)26/h3-10,14,20,24H,11-13,15-17H2,1-2H3/b10-9+. The van der Waals surface area contributed by atoms with Gasteiger partial charge in [0.2, 0.25) is 5.91 Å². The number of ether oxygens (including phenoxy) is 2. The van der Waals surface area contributed by atoms with Gasteiger partial charge in [-0.15, -0.1) is 0 Å². The summed E-state index contributed by atoms with van der Waals surface area (Å²) in [6, 6.07) is 10.9. The monoisotopic (exact) mass is 445 g/mol. The molecular weight excluding hydrogens is 416 g/mol. The van der Waals surface area contributed by atoms with Crippen molar-refractivity contribution in [1.82, 2.24) is 14.8 Å². The van der Waals surface area contributed by atoms with Gasteiger partial charge in [0, 0.05) is 62.7 Å². The highest BCUT2D eigenvalue weighted by molar-refractivity contribution is 5.92. The van der Waals surface area contributed by atoms with E-state index in [0.29, 0.717) is 5.56 Å². The quantitative estimate of drug-likeness (QED) is 0.549. The molecule has 172 valence electrons. The molecule has 1 amide bonds. The predicted molar refractivity (Wildman–Crippen MR) is 119 cm³/mol. The summed E-state index contributed by atoms with van der Waals surface area (Å²) in [5, 5.41) is 0. The van der Waals surface area contributed by atoms with Crippen LogP contribution in [0.2, 0.25) is 0 Å². The van der Waals surface area contributed by atoms with E-state index in [2.05, 4.69) is 14.6 Å². The molecule has 1 aromatic carbocycles. The van der Waals surface area contributed by atoms with Gasteiger partial charge in [0.1, 0.15) is 0 Å². The van der Waals surface area contributed by atoms with Gasteiger partial charge in [-0.05, 0) is 37.1 Å². The molecule has 0 spiro atoms. The molecule has 8 heteroatoms. The molecule has 0 bridgehead atoms. The number of carbonyl (C=O) groups is 1. The topological polar surface area (TPSA) is 54.9 Å². The first kappa shape index (κ1) is 23.7. The molecule has 3 rings (SSSR count). The minimum absolute atomic E-state index is 0.0853. The van der Waals surface area contributed by atoms with Crippen molar-refractivity contribution in [2.75, 3.05) is 33.8 Å². The minimum atomic E-state index is -2.99. The summed E-state index contributed by atoms with van der Waals surface area (Å²) in [4.78, 5) is 21.2. The molecular formula is C24H29F2N3O3. The maximum Gasteiger partial charge on any atom is 0.387 e. The fourth-order valence-electron chi connectivity index (χ4n) is 3.85. The van der Waals surface area contributed by atoms with E-state index in [1.807, 2.05) is 24.4 Å². The molecule has 1 aliphatic rings. The van der Waals surface area contributed by atoms with Crippen molar-refractivity contribution in [2.45, 2.75) is 31.9 Å². The van der Waals surface area contributed by atoms with Crippen LogP contribution in [-0.2, 0) is 11.2 Å². The smallest absolute Gasteiger partial charge is 0.387 e. The number of methoxy groups -OCH3 is 1. The summed E-state index contributed by atoms with van der Waals surface area (Å²) in [6.45, 7) is -0.202. The van der Waals surface area contributed by atoms with Crippen LogP contribution in [0.15, 0.2) is 48.7 Å². The first-order valence-electron chi connectivity index (χ1n) is 10.7. The Bertz CT molecular complexity index is 901. The number of aromatic nitrogens is 1. The SMILES string of the molecule is COc1cccc(/C=C/C(=O)N(C)C2CCN(CCc3ccccn3)CC2)c1OC(F)F. The largest absolute Gasteiger partial charge is 0.493 e. The predicted octanol–water partition coefficient (Wildman–Crippen LogP) is 3.87. The zero-order valence-electron chi connectivity index (χ0n) is 18.4. The molecule has 0 saturated carbocycles. The number of amides is 1. The lowest BCUT2D eigenvalue weighted by Gasteiger charge is -2.36. The maximum absolute atomic E-state index is 12.8. The summed E-state index contributed by atoms with van der Waals surface area (Å²) in [7, 11) is 3.16. The molecule has 2 aromatic rings. The molecule has 1 aliphatic heterocycles. The third-order valence-corrected chi connectivity index (χ3v) is 5.70. The number of carbonyl (C=O) groups excluding carboxylic acids is 1. The summed E-state index contributed by atoms with van der Waals surface area (Å²) in [5.41, 5.74) is 1.44. The number of alkyl halides is 2. The van der Waals surface area contributed by atoms with Gasteiger partial charge in [0.25, 0.3) is 0 Å². The first-order chi connectivity index (χ1) is 15.5. The first-order valence-corrected chi connectivity index (χ1v) is 10.7. The molecule has 0 N–H and O–H groups in total. The Kier molecular flexibility index (Phi) is 8.56. The van der Waals surface area contributed by atoms with Gasteiger partial charge in [-0.1, -0.05) is 18.2 Å². The number of benzene rings is 1. The molecule has 0 unspecified atom stereocenters. The van der Waals surface area contributed by atoms with E-state index >= 15 is 0 Å². The number of nitrogens with zero attached hydrogens (tertiary/aromatic N) is 3. The molecule has 1 aromatic heterocycles. The second-order valence-electron chi connectivity index (χ2n) is 7.68. The number of likely N-dealkylation sites (tertiary alicyclic amines) is 1. The van der Waals surface area contributed by atoms with Crippen LogP contribution in [0.1, 0.15) is 24.1 Å². The average Bonchev–Trinajstić information content (AvgIpc) is 2.82. The summed E-state index contributed by atoms with van der Waals surface area (Å²) in [5.74, 6) is -0.0769. The Morgan fingerprint density at radius 1 is 1.25 bits per heavy atom. The maximum atomic E-state index is 12.8. The third-order valence-electron chi connectivity index (χ3n) is 5.70. The van der Waals surface area contributed by atoms with Gasteiger partial charge >= 0.3 is 6.61 Å². The van der Waals surface area contributed by atoms with Crippen LogP contribution >= 0.6 is 0 Å². The molecule has 2 heterocycles. The molecule has 0 atom stereocenters. The van der Waals surface area contributed by atoms with Crippen molar-refractivity contribution in [3.8, 4) is 11.5 Å². The number of hydrogen-bond donors (Lipinski definition) is 0. The zero-order valence-corrected chi connectivity index (χ0v) is 18.4. The number of rotatable bonds is 9. The molecule has 1 saturated heterocycles. The van der Waals surface area contributed by atoms with Crippen LogP contribution in [0.5, 0.6) is 11.5 Å². The van der Waals surface area contributed by atoms with E-state index in [-0.39, 0.29) is 23.4 Å². The van der Waals surface area contributed by atoms with Gasteiger partial charge < -0.3 is 19.3 Å². The normalized spacial score (nSPS) is 15.3. The van der Waals surface area contributed by atoms with Crippen molar-refractivity contribution < 1.29 is 23.0 Å². The number of likely N-dealkylation sites (N-methyl/N-ethyl adjacent to an activating group) is 1. The molecule has 32 heavy (non-hydrogen) atoms. The highest BCUT2D eigenvalue weighted by Crippen LogP contribution is 2.33. The second kappa shape index (κ2) is 11.6. The second-order valence-corrected chi connectivity index (χ2v) is 7.68. The molecule has 6 nitrogen and oxygen atoms in total. The summed E-state index contributed by atoms with van der Waals surface area (Å²) >= 11 is 0. The number of piperidine rings is 1. The van der Waals surface area contributed by atoms with Crippen molar-refractivity contribution >= 4 is 12.0 Å². The van der Waals surface area contributed by atoms with E-state index in [9.17, 15) is 13.6 Å². The Labute approximate surface area is 187 Å². The van der Waals surface area contributed by atoms with Crippen molar-refractivity contribution in [1.29, 1.82) is 0 Å². The van der Waals surface area contributed by atoms with Gasteiger partial charge in [-0.3, -0.25) is 9.78 Å². The van der Waals surface area contributed by atoms with E-state index in [0.717, 1.165) is 44.6 Å². The van der Waals surface area contributed by atoms with Crippen molar-refractivity contribution in [3.05, 3.63) is 59.9 Å². The van der Waals surface area contributed by atoms with Gasteiger partial charge in [-0.25, -0.2) is 0 Å². The van der Waals surface area contributed by atoms with E-state index in [1.165, 1.54) is 25.3 Å². The lowest BCUT2D eigenvalue weighted by atomic mass is 10.0. The zero-order chi connectivity index (χ0) is 22.9. The Hall–Kier alpha value is -3.00. The van der Waals surface area contributed by atoms with E-state index < -0.39 is 6.61 Å². The fourth-order valence-corrected chi connectivity index (χ4v) is 3.85. The van der Waals surface area contributed by atoms with Gasteiger partial charge in [0.05, 0.1) is 7.11 Å². The summed E-state index contributed by atoms with van der Waals surface area (Å²) < 4.78 is 35.3. The Balaban J connectivity index is 1.53. The van der Waals surface area contributed by atoms with Gasteiger partial charge in [0.15, 0.2) is 11.5 Å². The van der Waals surface area contributed by atoms with Gasteiger partial charge in [-0.2, -0.15) is 8.78 Å². The fraction of sp³-hybridized carbons (Fsp3) is 0.417. The average molecular weight is 446 g/mol. The third kappa shape index (κ3) is 6.50. The number of hydrogen-bond acceptors (Lipinski definition) is 5. The van der Waals surface area contributed by atoms with Crippen molar-refractivity contribution in [2.24, 2.45) is 0 Å². The van der Waals surface area contributed by atoms with E-state index in [1.54, 1.807) is 24.1 Å². The number of para-hydroxylation sites is 1. The van der Waals surface area contributed by atoms with Crippen LogP contribution in [0, 0.1) is 0 Å². The highest BCUT2D eigenvalue weighted by Gasteiger charge is 2.24. The van der Waals surface area contributed by atoms with E-state index in [4.69, 9.17) is 4.74 Å². The summed E-state index contributed by atoms with van der Waals surface area (Å²) in [6.07, 6.45) is 7.37. The molecule has 0 radical (unpaired) electrons. The van der Waals surface area contributed by atoms with Crippen LogP contribution in [0.3, 0.4) is 0 Å². The van der Waals surface area contributed by atoms with Crippen LogP contribution in [0.25, 0.3) is 6.08 Å². The lowest BCUT2D eigenvalue weighted by molar-refractivity contribution is -0.127. The number of halogens is 2. The van der Waals surface area contributed by atoms with Crippen LogP contribution in [0.4, 0.5) is 8.78 Å². The lowest BCUT2D eigenvalue weighted by Crippen LogP contribution is -2.45. The number of pyridine rings is 1. The highest BCUT2D eigenvalue weighted by atomic mass is 19.3. The van der Waals surface area contributed by atoms with Crippen LogP contribution in [-0.4, -0.2) is 67.1 Å². The van der Waals surface area contributed by atoms with Crippen molar-refractivity contribution in [3.63, 3.8) is 0 Å². The molecule has 0 aliphatic carbocycles. The molecule has 1 fully saturated rings.